The lowest BCUT2D eigenvalue weighted by atomic mass is 9.97. The number of hydrogen-bond donors (Lipinski definition) is 2. The molecule has 0 saturated heterocycles. The standard InChI is InChI=1S/C19H21N5O2/c1-12-4-5-13(2)17(10-12)20-19(25)16(18-21-23-24-22-18)11-14-6-8-15(26-3)9-7-14/h4-10,16H,11H2,1-3H3,(H,20,25)(H,21,22,23,24). The molecule has 7 heteroatoms. The number of tetrazole rings is 1. The van der Waals surface area contributed by atoms with Crippen molar-refractivity contribution in [3.05, 3.63) is 65.0 Å². The average Bonchev–Trinajstić information content (AvgIpc) is 3.17. The SMILES string of the molecule is COc1ccc(CC(C(=O)Nc2cc(C)ccc2C)c2nn[nH]n2)cc1. The Hall–Kier alpha value is -3.22. The third-order valence-electron chi connectivity index (χ3n) is 4.24. The number of H-pyrrole nitrogens is 1. The van der Waals surface area contributed by atoms with E-state index in [9.17, 15) is 4.79 Å². The Morgan fingerprint density at radius 2 is 1.96 bits per heavy atom. The summed E-state index contributed by atoms with van der Waals surface area (Å²) in [5.41, 5.74) is 3.85. The zero-order chi connectivity index (χ0) is 18.5. The van der Waals surface area contributed by atoms with E-state index in [-0.39, 0.29) is 5.91 Å². The molecule has 7 nitrogen and oxygen atoms in total. The van der Waals surface area contributed by atoms with Crippen LogP contribution in [0, 0.1) is 13.8 Å². The van der Waals surface area contributed by atoms with Gasteiger partial charge in [-0.25, -0.2) is 0 Å². The molecule has 0 radical (unpaired) electrons. The minimum atomic E-state index is -0.554. The van der Waals surface area contributed by atoms with Crippen LogP contribution in [-0.2, 0) is 11.2 Å². The molecule has 0 aliphatic carbocycles. The first-order valence-corrected chi connectivity index (χ1v) is 8.31. The van der Waals surface area contributed by atoms with Crippen LogP contribution in [-0.4, -0.2) is 33.6 Å². The topological polar surface area (TPSA) is 92.8 Å². The van der Waals surface area contributed by atoms with Gasteiger partial charge in [-0.2, -0.15) is 5.21 Å². The van der Waals surface area contributed by atoms with Crippen LogP contribution in [0.4, 0.5) is 5.69 Å². The molecule has 0 aliphatic heterocycles. The molecule has 1 heterocycles. The lowest BCUT2D eigenvalue weighted by Crippen LogP contribution is -2.24. The minimum Gasteiger partial charge on any atom is -0.497 e. The van der Waals surface area contributed by atoms with Crippen LogP contribution >= 0.6 is 0 Å². The van der Waals surface area contributed by atoms with E-state index in [1.54, 1.807) is 7.11 Å². The number of carbonyl (C=O) groups excluding carboxylic acids is 1. The zero-order valence-electron chi connectivity index (χ0n) is 15.0. The van der Waals surface area contributed by atoms with Crippen LogP contribution in [0.3, 0.4) is 0 Å². The molecule has 134 valence electrons. The Morgan fingerprint density at radius 1 is 1.19 bits per heavy atom. The van der Waals surface area contributed by atoms with Crippen LogP contribution in [0.1, 0.15) is 28.4 Å². The number of carbonyl (C=O) groups is 1. The number of amides is 1. The lowest BCUT2D eigenvalue weighted by molar-refractivity contribution is -0.117. The van der Waals surface area contributed by atoms with Gasteiger partial charge < -0.3 is 10.1 Å². The average molecular weight is 351 g/mol. The predicted molar refractivity (Wildman–Crippen MR) is 98.2 cm³/mol. The molecule has 2 aromatic carbocycles. The quantitative estimate of drug-likeness (QED) is 0.712. The van der Waals surface area contributed by atoms with Gasteiger partial charge in [0.25, 0.3) is 0 Å². The van der Waals surface area contributed by atoms with Gasteiger partial charge in [0.05, 0.1) is 7.11 Å². The maximum absolute atomic E-state index is 12.9. The lowest BCUT2D eigenvalue weighted by Gasteiger charge is -2.16. The van der Waals surface area contributed by atoms with Crippen molar-refractivity contribution in [3.8, 4) is 5.75 Å². The second-order valence-electron chi connectivity index (χ2n) is 6.18. The molecule has 0 aliphatic rings. The summed E-state index contributed by atoms with van der Waals surface area (Å²) < 4.78 is 5.18. The Balaban J connectivity index is 1.83. The second-order valence-corrected chi connectivity index (χ2v) is 6.18. The van der Waals surface area contributed by atoms with Gasteiger partial charge in [0.2, 0.25) is 5.91 Å². The van der Waals surface area contributed by atoms with Gasteiger partial charge >= 0.3 is 0 Å². The third-order valence-corrected chi connectivity index (χ3v) is 4.24. The maximum atomic E-state index is 12.9. The van der Waals surface area contributed by atoms with Gasteiger partial charge in [0.1, 0.15) is 11.7 Å². The van der Waals surface area contributed by atoms with Gasteiger partial charge in [-0.3, -0.25) is 4.79 Å². The number of nitrogens with one attached hydrogen (secondary N) is 2. The molecule has 2 N–H and O–H groups in total. The molecular weight excluding hydrogens is 330 g/mol. The Bertz CT molecular complexity index is 875. The number of benzene rings is 2. The molecule has 0 fully saturated rings. The highest BCUT2D eigenvalue weighted by molar-refractivity contribution is 5.96. The molecule has 0 saturated carbocycles. The van der Waals surface area contributed by atoms with Crippen molar-refractivity contribution >= 4 is 11.6 Å². The Labute approximate surface area is 151 Å². The van der Waals surface area contributed by atoms with Crippen molar-refractivity contribution < 1.29 is 9.53 Å². The number of methoxy groups -OCH3 is 1. The summed E-state index contributed by atoms with van der Waals surface area (Å²) in [6.45, 7) is 3.95. The largest absolute Gasteiger partial charge is 0.497 e. The number of nitrogens with zero attached hydrogens (tertiary/aromatic N) is 3. The molecule has 26 heavy (non-hydrogen) atoms. The summed E-state index contributed by atoms with van der Waals surface area (Å²) in [6, 6.07) is 13.5. The molecule has 3 aromatic rings. The van der Waals surface area contributed by atoms with Crippen LogP contribution in [0.2, 0.25) is 0 Å². The summed E-state index contributed by atoms with van der Waals surface area (Å²) in [6.07, 6.45) is 0.459. The number of ether oxygens (including phenoxy) is 1. The van der Waals surface area contributed by atoms with Crippen LogP contribution < -0.4 is 10.1 Å². The zero-order valence-corrected chi connectivity index (χ0v) is 15.0. The van der Waals surface area contributed by atoms with Crippen LogP contribution in [0.5, 0.6) is 5.75 Å². The fourth-order valence-corrected chi connectivity index (χ4v) is 2.71. The summed E-state index contributed by atoms with van der Waals surface area (Å²) in [5, 5.41) is 17.0. The first-order chi connectivity index (χ1) is 12.6. The predicted octanol–water partition coefficient (Wildman–Crippen LogP) is 2.79. The first kappa shape index (κ1) is 17.6. The second kappa shape index (κ2) is 7.77. The number of aromatic amines is 1. The smallest absolute Gasteiger partial charge is 0.235 e. The summed E-state index contributed by atoms with van der Waals surface area (Å²) >= 11 is 0. The van der Waals surface area contributed by atoms with E-state index >= 15 is 0 Å². The van der Waals surface area contributed by atoms with E-state index in [0.717, 1.165) is 28.1 Å². The number of aromatic nitrogens is 4. The number of hydrogen-bond acceptors (Lipinski definition) is 5. The van der Waals surface area contributed by atoms with E-state index in [0.29, 0.717) is 12.2 Å². The van der Waals surface area contributed by atoms with E-state index in [1.807, 2.05) is 56.3 Å². The maximum Gasteiger partial charge on any atom is 0.235 e. The number of anilines is 1. The molecule has 1 unspecified atom stereocenters. The molecule has 3 rings (SSSR count). The fraction of sp³-hybridized carbons (Fsp3) is 0.263. The van der Waals surface area contributed by atoms with Crippen LogP contribution in [0.25, 0.3) is 0 Å². The normalized spacial score (nSPS) is 11.8. The van der Waals surface area contributed by atoms with Crippen molar-refractivity contribution in [1.29, 1.82) is 0 Å². The van der Waals surface area contributed by atoms with Gasteiger partial charge in [-0.1, -0.05) is 29.5 Å². The highest BCUT2D eigenvalue weighted by Gasteiger charge is 2.26. The van der Waals surface area contributed by atoms with Crippen molar-refractivity contribution in [2.45, 2.75) is 26.2 Å². The molecule has 1 aromatic heterocycles. The third kappa shape index (κ3) is 4.05. The summed E-state index contributed by atoms with van der Waals surface area (Å²) in [4.78, 5) is 12.9. The van der Waals surface area contributed by atoms with E-state index in [2.05, 4.69) is 25.9 Å². The van der Waals surface area contributed by atoms with Crippen LogP contribution in [0.15, 0.2) is 42.5 Å². The van der Waals surface area contributed by atoms with Gasteiger partial charge in [0.15, 0.2) is 5.82 Å². The molecular formula is C19H21N5O2. The summed E-state index contributed by atoms with van der Waals surface area (Å²) in [5.74, 6) is 0.409. The van der Waals surface area contributed by atoms with Crippen molar-refractivity contribution in [2.75, 3.05) is 12.4 Å². The van der Waals surface area contributed by atoms with E-state index < -0.39 is 5.92 Å². The highest BCUT2D eigenvalue weighted by Crippen LogP contribution is 2.23. The number of aryl methyl sites for hydroxylation is 2. The Kier molecular flexibility index (Phi) is 5.26. The molecule has 0 bridgehead atoms. The Morgan fingerprint density at radius 3 is 2.62 bits per heavy atom. The summed E-state index contributed by atoms with van der Waals surface area (Å²) in [7, 11) is 1.62. The van der Waals surface area contributed by atoms with Gasteiger partial charge in [-0.05, 0) is 55.2 Å². The van der Waals surface area contributed by atoms with Gasteiger partial charge in [0, 0.05) is 5.69 Å². The number of rotatable bonds is 6. The monoisotopic (exact) mass is 351 g/mol. The minimum absolute atomic E-state index is 0.170. The van der Waals surface area contributed by atoms with Crippen molar-refractivity contribution in [1.82, 2.24) is 20.6 Å². The van der Waals surface area contributed by atoms with E-state index in [1.165, 1.54) is 0 Å². The van der Waals surface area contributed by atoms with E-state index in [4.69, 9.17) is 4.74 Å². The van der Waals surface area contributed by atoms with Crippen molar-refractivity contribution in [2.24, 2.45) is 0 Å². The highest BCUT2D eigenvalue weighted by atomic mass is 16.5. The molecule has 0 spiro atoms. The fourth-order valence-electron chi connectivity index (χ4n) is 2.71. The van der Waals surface area contributed by atoms with Crippen molar-refractivity contribution in [3.63, 3.8) is 0 Å². The molecule has 1 atom stereocenters. The van der Waals surface area contributed by atoms with Gasteiger partial charge in [-0.15, -0.1) is 10.2 Å². The molecule has 1 amide bonds. The first-order valence-electron chi connectivity index (χ1n) is 8.31.